The zero-order valence-electron chi connectivity index (χ0n) is 20.6. The fraction of sp³-hybridized carbons (Fsp3) is 0.240. The number of urea groups is 1. The number of ether oxygens (including phenoxy) is 1. The smallest absolute Gasteiger partial charge is 0.434 e. The minimum atomic E-state index is -4.65. The number of hydrogen-bond acceptors (Lipinski definition) is 7. The van der Waals surface area contributed by atoms with Crippen LogP contribution in [-0.4, -0.2) is 51.9 Å². The van der Waals surface area contributed by atoms with Gasteiger partial charge in [0, 0.05) is 54.5 Å². The second-order valence-electron chi connectivity index (χ2n) is 8.23. The van der Waals surface area contributed by atoms with Gasteiger partial charge in [-0.05, 0) is 30.7 Å². The van der Waals surface area contributed by atoms with Crippen molar-refractivity contribution in [2.75, 3.05) is 25.6 Å². The second-order valence-corrected chi connectivity index (χ2v) is 9.09. The molecule has 4 aromatic rings. The number of nitrogens with zero attached hydrogens (tertiary/aromatic N) is 3. The number of benzene rings is 1. The molecule has 3 N–H and O–H groups in total. The Bertz CT molecular complexity index is 1620. The Kier molecular flexibility index (Phi) is 7.97. The number of hydrogen-bond donors (Lipinski definition) is 3. The molecule has 0 radical (unpaired) electrons. The van der Waals surface area contributed by atoms with Gasteiger partial charge in [0.1, 0.15) is 16.4 Å². The van der Waals surface area contributed by atoms with Crippen LogP contribution < -0.4 is 16.1 Å². The molecule has 3 aromatic heterocycles. The topological polar surface area (TPSA) is 135 Å². The summed E-state index contributed by atoms with van der Waals surface area (Å²) in [6.07, 6.45) is -2.03. The minimum Gasteiger partial charge on any atom is -0.477 e. The normalized spacial score (nSPS) is 11.5. The van der Waals surface area contributed by atoms with E-state index in [9.17, 15) is 32.7 Å². The third kappa shape index (κ3) is 5.91. The first-order valence-corrected chi connectivity index (χ1v) is 12.4. The third-order valence-corrected chi connectivity index (χ3v) is 6.54. The Labute approximate surface area is 223 Å². The lowest BCUT2D eigenvalue weighted by Gasteiger charge is -2.15. The van der Waals surface area contributed by atoms with Gasteiger partial charge in [0.15, 0.2) is 5.69 Å². The summed E-state index contributed by atoms with van der Waals surface area (Å²) in [4.78, 5) is 44.5. The molecule has 14 heteroatoms. The third-order valence-electron chi connectivity index (χ3n) is 5.67. The summed E-state index contributed by atoms with van der Waals surface area (Å²) in [7, 11) is 1.48. The highest BCUT2D eigenvalue weighted by molar-refractivity contribution is 7.13. The Hall–Kier alpha value is -4.30. The number of rotatable bonds is 8. The molecule has 0 aliphatic heterocycles. The number of halogens is 3. The highest BCUT2D eigenvalue weighted by Crippen LogP contribution is 2.39. The predicted molar refractivity (Wildman–Crippen MR) is 139 cm³/mol. The second kappa shape index (κ2) is 11.2. The van der Waals surface area contributed by atoms with Crippen LogP contribution in [0, 0.1) is 0 Å². The predicted octanol–water partition coefficient (Wildman–Crippen LogP) is 4.69. The number of methoxy groups -OCH3 is 1. The summed E-state index contributed by atoms with van der Waals surface area (Å²) < 4.78 is 46.6. The van der Waals surface area contributed by atoms with E-state index in [1.807, 2.05) is 0 Å². The molecule has 0 atom stereocenters. The Morgan fingerprint density at radius 2 is 1.97 bits per heavy atom. The van der Waals surface area contributed by atoms with E-state index < -0.39 is 34.9 Å². The highest BCUT2D eigenvalue weighted by Gasteiger charge is 2.34. The van der Waals surface area contributed by atoms with Crippen molar-refractivity contribution in [1.82, 2.24) is 19.9 Å². The summed E-state index contributed by atoms with van der Waals surface area (Å²) in [6.45, 7) is 2.54. The number of alkyl halides is 3. The number of nitrogens with one attached hydrogen (secondary N) is 2. The monoisotopic (exact) mass is 561 g/mol. The van der Waals surface area contributed by atoms with E-state index in [0.29, 0.717) is 23.2 Å². The average molecular weight is 562 g/mol. The lowest BCUT2D eigenvalue weighted by Crippen LogP contribution is -2.28. The minimum absolute atomic E-state index is 0.0387. The van der Waals surface area contributed by atoms with Gasteiger partial charge in [0.2, 0.25) is 5.43 Å². The van der Waals surface area contributed by atoms with Crippen molar-refractivity contribution < 1.29 is 32.6 Å². The van der Waals surface area contributed by atoms with Crippen molar-refractivity contribution in [3.05, 3.63) is 63.5 Å². The fourth-order valence-corrected chi connectivity index (χ4v) is 4.72. The van der Waals surface area contributed by atoms with E-state index in [2.05, 4.69) is 20.6 Å². The van der Waals surface area contributed by atoms with Crippen LogP contribution in [0.3, 0.4) is 0 Å². The van der Waals surface area contributed by atoms with Crippen LogP contribution in [0.25, 0.3) is 32.6 Å². The van der Waals surface area contributed by atoms with Crippen LogP contribution in [0.2, 0.25) is 0 Å². The zero-order chi connectivity index (χ0) is 28.3. The van der Waals surface area contributed by atoms with Gasteiger partial charge in [0.05, 0.1) is 12.1 Å². The van der Waals surface area contributed by atoms with E-state index in [4.69, 9.17) is 4.74 Å². The Morgan fingerprint density at radius 1 is 1.21 bits per heavy atom. The molecule has 3 heterocycles. The number of amides is 2. The number of anilines is 1. The van der Waals surface area contributed by atoms with Crippen LogP contribution in [0.15, 0.2) is 46.8 Å². The first-order chi connectivity index (χ1) is 18.5. The molecule has 10 nitrogen and oxygen atoms in total. The molecule has 0 saturated heterocycles. The average Bonchev–Trinajstić information content (AvgIpc) is 3.39. The van der Waals surface area contributed by atoms with E-state index in [0.717, 1.165) is 16.7 Å². The largest absolute Gasteiger partial charge is 0.477 e. The van der Waals surface area contributed by atoms with Crippen molar-refractivity contribution in [3.8, 4) is 21.7 Å². The van der Waals surface area contributed by atoms with Gasteiger partial charge in [0.25, 0.3) is 0 Å². The maximum atomic E-state index is 13.3. The van der Waals surface area contributed by atoms with Gasteiger partial charge in [-0.2, -0.15) is 13.2 Å². The molecule has 0 saturated carbocycles. The molecule has 204 valence electrons. The maximum absolute atomic E-state index is 13.3. The molecular weight excluding hydrogens is 539 g/mol. The van der Waals surface area contributed by atoms with Gasteiger partial charge in [-0.1, -0.05) is 6.07 Å². The summed E-state index contributed by atoms with van der Waals surface area (Å²) in [5, 5.41) is 15.6. The van der Waals surface area contributed by atoms with E-state index >= 15 is 0 Å². The molecular formula is C25H22F3N5O5S. The van der Waals surface area contributed by atoms with Gasteiger partial charge in [-0.15, -0.1) is 11.3 Å². The molecule has 4 rings (SSSR count). The summed E-state index contributed by atoms with van der Waals surface area (Å²) >= 11 is 0.777. The van der Waals surface area contributed by atoms with Crippen LogP contribution in [0.4, 0.5) is 23.8 Å². The van der Waals surface area contributed by atoms with E-state index in [1.54, 1.807) is 23.6 Å². The summed E-state index contributed by atoms with van der Waals surface area (Å²) in [6, 6.07) is 5.50. The van der Waals surface area contributed by atoms with Gasteiger partial charge < -0.3 is 19.7 Å². The quantitative estimate of drug-likeness (QED) is 0.284. The Balaban J connectivity index is 1.91. The zero-order valence-corrected chi connectivity index (χ0v) is 21.4. The first kappa shape index (κ1) is 27.7. The number of aromatic carboxylic acids is 1. The van der Waals surface area contributed by atoms with Crippen molar-refractivity contribution in [2.24, 2.45) is 0 Å². The maximum Gasteiger partial charge on any atom is 0.434 e. The van der Waals surface area contributed by atoms with Crippen LogP contribution in [0.5, 0.6) is 0 Å². The van der Waals surface area contributed by atoms with Crippen LogP contribution in [-0.2, 0) is 17.5 Å². The molecule has 0 bridgehead atoms. The molecule has 0 fully saturated rings. The lowest BCUT2D eigenvalue weighted by molar-refractivity contribution is -0.140. The number of carboxylic acids is 1. The van der Waals surface area contributed by atoms with Gasteiger partial charge >= 0.3 is 18.2 Å². The fourth-order valence-electron chi connectivity index (χ4n) is 3.86. The molecule has 0 aliphatic rings. The van der Waals surface area contributed by atoms with Crippen molar-refractivity contribution in [2.45, 2.75) is 19.6 Å². The van der Waals surface area contributed by atoms with E-state index in [-0.39, 0.29) is 34.9 Å². The molecule has 0 spiro atoms. The number of carboxylic acid groups (broad SMARTS) is 1. The van der Waals surface area contributed by atoms with Crippen LogP contribution >= 0.6 is 11.3 Å². The molecule has 1 aromatic carbocycles. The molecule has 39 heavy (non-hydrogen) atoms. The number of carbonyl (C=O) groups excluding carboxylic acids is 1. The summed E-state index contributed by atoms with van der Waals surface area (Å²) in [5.74, 6) is -1.28. The summed E-state index contributed by atoms with van der Waals surface area (Å²) in [5.41, 5.74) is -0.614. The van der Waals surface area contributed by atoms with Gasteiger partial charge in [-0.25, -0.2) is 19.6 Å². The molecule has 0 aliphatic carbocycles. The Morgan fingerprint density at radius 3 is 2.62 bits per heavy atom. The van der Waals surface area contributed by atoms with Crippen molar-refractivity contribution >= 4 is 40.1 Å². The number of thiazole rings is 1. The standard InChI is InChI=1S/C25H22F3N5O5S/c1-3-29-24(37)32-20-9-15(22-31-19(12-39-22)25(26,27)28)16(10-30-20)13-4-5-14-18(8-13)33(6-7-38-2)11-17(21(14)34)23(35)36/h4-5,8-12H,3,6-7H2,1-2H3,(H,35,36)(H2,29,30,32,37). The number of fused-ring (bicyclic) bond motifs is 1. The van der Waals surface area contributed by atoms with Crippen molar-refractivity contribution in [3.63, 3.8) is 0 Å². The molecule has 0 unspecified atom stereocenters. The number of aromatic nitrogens is 3. The first-order valence-electron chi connectivity index (χ1n) is 11.5. The van der Waals surface area contributed by atoms with Crippen molar-refractivity contribution in [1.29, 1.82) is 0 Å². The number of carbonyl (C=O) groups is 2. The number of pyridine rings is 2. The molecule has 2 amide bonds. The van der Waals surface area contributed by atoms with Gasteiger partial charge in [-0.3, -0.25) is 10.1 Å². The SMILES string of the molecule is CCNC(=O)Nc1cc(-c2nc(C(F)(F)F)cs2)c(-c2ccc3c(=O)c(C(=O)O)cn(CCOC)c3c2)cn1. The highest BCUT2D eigenvalue weighted by atomic mass is 32.1. The van der Waals surface area contributed by atoms with Crippen LogP contribution in [0.1, 0.15) is 23.0 Å². The van der Waals surface area contributed by atoms with E-state index in [1.165, 1.54) is 31.6 Å². The lowest BCUT2D eigenvalue weighted by atomic mass is 9.99.